The van der Waals surface area contributed by atoms with Gasteiger partial charge >= 0.3 is 5.69 Å². The molecule has 2 heterocycles. The highest BCUT2D eigenvalue weighted by molar-refractivity contribution is 6.03. The van der Waals surface area contributed by atoms with Crippen LogP contribution in [0.1, 0.15) is 23.6 Å². The Labute approximate surface area is 161 Å². The smallest absolute Gasteiger partial charge is 0.331 e. The summed E-state index contributed by atoms with van der Waals surface area (Å²) in [6.07, 6.45) is 1.83. The fourth-order valence-electron chi connectivity index (χ4n) is 3.28. The van der Waals surface area contributed by atoms with Gasteiger partial charge in [0.1, 0.15) is 5.56 Å². The number of nitrogens with zero attached hydrogens (tertiary/aromatic N) is 3. The van der Waals surface area contributed by atoms with Crippen LogP contribution in [0.4, 0.5) is 0 Å². The Bertz CT molecular complexity index is 1050. The van der Waals surface area contributed by atoms with E-state index < -0.39 is 17.1 Å². The monoisotopic (exact) mass is 386 g/mol. The third-order valence-corrected chi connectivity index (χ3v) is 4.68. The number of nitrogens with one attached hydrogen (secondary N) is 1. The highest BCUT2D eigenvalue weighted by Crippen LogP contribution is 2.36. The molecule has 0 saturated carbocycles. The predicted molar refractivity (Wildman–Crippen MR) is 104 cm³/mol. The van der Waals surface area contributed by atoms with E-state index in [0.29, 0.717) is 23.6 Å². The van der Waals surface area contributed by atoms with Gasteiger partial charge in [-0.1, -0.05) is 12.1 Å². The number of hydrogen-bond donors (Lipinski definition) is 2. The van der Waals surface area contributed by atoms with Crippen LogP contribution in [0.3, 0.4) is 0 Å². The summed E-state index contributed by atoms with van der Waals surface area (Å²) in [5, 5.41) is 16.6. The zero-order chi connectivity index (χ0) is 20.4. The first-order chi connectivity index (χ1) is 13.4. The number of aromatic nitrogens is 2. The number of rotatable bonds is 6. The van der Waals surface area contributed by atoms with Gasteiger partial charge in [-0.05, 0) is 17.7 Å². The molecular formula is C19H22N4O5. The Hall–Kier alpha value is -3.49. The van der Waals surface area contributed by atoms with Crippen LogP contribution in [0.15, 0.2) is 45.5 Å². The van der Waals surface area contributed by atoms with Crippen LogP contribution < -0.4 is 20.7 Å². The summed E-state index contributed by atoms with van der Waals surface area (Å²) in [5.74, 6) is 0.773. The minimum atomic E-state index is -0.699. The summed E-state index contributed by atoms with van der Waals surface area (Å²) >= 11 is 0. The molecule has 9 nitrogen and oxygen atoms in total. The van der Waals surface area contributed by atoms with Gasteiger partial charge in [-0.2, -0.15) is 5.10 Å². The Kier molecular flexibility index (Phi) is 5.25. The van der Waals surface area contributed by atoms with Gasteiger partial charge in [0.05, 0.1) is 26.0 Å². The van der Waals surface area contributed by atoms with Crippen molar-refractivity contribution < 1.29 is 14.6 Å². The fourth-order valence-corrected chi connectivity index (χ4v) is 3.28. The van der Waals surface area contributed by atoms with Gasteiger partial charge in [-0.3, -0.25) is 19.4 Å². The number of hydrazone groups is 1. The number of methoxy groups -OCH3 is 2. The molecule has 3 rings (SSSR count). The minimum Gasteiger partial charge on any atom is -0.494 e. The molecule has 28 heavy (non-hydrogen) atoms. The predicted octanol–water partition coefficient (Wildman–Crippen LogP) is 1.23. The zero-order valence-electron chi connectivity index (χ0n) is 15.9. The van der Waals surface area contributed by atoms with Crippen LogP contribution in [-0.2, 0) is 6.54 Å². The molecule has 1 aliphatic rings. The van der Waals surface area contributed by atoms with Gasteiger partial charge < -0.3 is 14.6 Å². The van der Waals surface area contributed by atoms with E-state index in [9.17, 15) is 14.7 Å². The normalized spacial score (nSPS) is 16.0. The van der Waals surface area contributed by atoms with Crippen LogP contribution in [0.2, 0.25) is 0 Å². The van der Waals surface area contributed by atoms with Gasteiger partial charge in [0.2, 0.25) is 5.88 Å². The molecule has 2 N–H and O–H groups in total. The number of hydrogen-bond acceptors (Lipinski definition) is 7. The Morgan fingerprint density at radius 1 is 1.32 bits per heavy atom. The quantitative estimate of drug-likeness (QED) is 0.723. The average Bonchev–Trinajstić information content (AvgIpc) is 3.05. The van der Waals surface area contributed by atoms with E-state index in [1.807, 2.05) is 12.1 Å². The molecule has 0 fully saturated rings. The molecule has 1 aromatic carbocycles. The molecular weight excluding hydrogens is 364 g/mol. The Morgan fingerprint density at radius 3 is 2.68 bits per heavy atom. The summed E-state index contributed by atoms with van der Waals surface area (Å²) in [7, 11) is 4.90. The molecule has 1 aliphatic heterocycles. The van der Waals surface area contributed by atoms with Crippen molar-refractivity contribution in [2.24, 2.45) is 5.10 Å². The maximum Gasteiger partial charge on any atom is 0.331 e. The molecule has 1 unspecified atom stereocenters. The van der Waals surface area contributed by atoms with Crippen molar-refractivity contribution in [2.75, 3.05) is 21.3 Å². The van der Waals surface area contributed by atoms with E-state index in [1.165, 1.54) is 6.08 Å². The molecule has 1 atom stereocenters. The zero-order valence-corrected chi connectivity index (χ0v) is 15.9. The Balaban J connectivity index is 1.99. The summed E-state index contributed by atoms with van der Waals surface area (Å²) in [6.45, 7) is 3.62. The molecule has 0 amide bonds. The lowest BCUT2D eigenvalue weighted by atomic mass is 9.99. The maximum atomic E-state index is 12.3. The molecule has 0 aliphatic carbocycles. The first-order valence-corrected chi connectivity index (χ1v) is 8.60. The summed E-state index contributed by atoms with van der Waals surface area (Å²) < 4.78 is 11.7. The van der Waals surface area contributed by atoms with Crippen LogP contribution in [0.5, 0.6) is 17.4 Å². The summed E-state index contributed by atoms with van der Waals surface area (Å²) in [5.41, 5.74) is -0.0955. The lowest BCUT2D eigenvalue weighted by molar-refractivity contribution is 0.288. The number of ether oxygens (including phenoxy) is 2. The van der Waals surface area contributed by atoms with E-state index >= 15 is 0 Å². The van der Waals surface area contributed by atoms with Crippen molar-refractivity contribution in [2.45, 2.75) is 19.0 Å². The third kappa shape index (κ3) is 3.26. The van der Waals surface area contributed by atoms with Crippen molar-refractivity contribution in [3.8, 4) is 17.4 Å². The highest BCUT2D eigenvalue weighted by atomic mass is 16.5. The van der Waals surface area contributed by atoms with Gasteiger partial charge in [-0.25, -0.2) is 4.79 Å². The van der Waals surface area contributed by atoms with Crippen LogP contribution in [0, 0.1) is 0 Å². The van der Waals surface area contributed by atoms with E-state index in [0.717, 1.165) is 10.1 Å². The van der Waals surface area contributed by atoms with Crippen molar-refractivity contribution >= 4 is 5.71 Å². The number of benzene rings is 1. The Morgan fingerprint density at radius 2 is 2.04 bits per heavy atom. The van der Waals surface area contributed by atoms with Crippen molar-refractivity contribution in [1.29, 1.82) is 0 Å². The molecule has 1 aromatic heterocycles. The molecule has 0 bridgehead atoms. The number of H-pyrrole nitrogens is 1. The van der Waals surface area contributed by atoms with E-state index in [4.69, 9.17) is 9.47 Å². The molecule has 0 radical (unpaired) electrons. The second kappa shape index (κ2) is 7.63. The average molecular weight is 386 g/mol. The van der Waals surface area contributed by atoms with Crippen LogP contribution in [-0.4, -0.2) is 46.6 Å². The van der Waals surface area contributed by atoms with Gasteiger partial charge in [0.15, 0.2) is 11.5 Å². The molecule has 0 spiro atoms. The highest BCUT2D eigenvalue weighted by Gasteiger charge is 2.31. The summed E-state index contributed by atoms with van der Waals surface area (Å²) in [6, 6.07) is 5.37. The third-order valence-electron chi connectivity index (χ3n) is 4.68. The number of allylic oxidation sites excluding steroid dienone is 1. The van der Waals surface area contributed by atoms with Gasteiger partial charge in [-0.15, -0.1) is 6.58 Å². The van der Waals surface area contributed by atoms with Crippen molar-refractivity contribution in [3.05, 3.63) is 62.8 Å². The van der Waals surface area contributed by atoms with Crippen LogP contribution >= 0.6 is 0 Å². The number of aromatic hydroxyl groups is 1. The van der Waals surface area contributed by atoms with Crippen molar-refractivity contribution in [3.63, 3.8) is 0 Å². The fraction of sp³-hybridized carbons (Fsp3) is 0.316. The lowest BCUT2D eigenvalue weighted by Gasteiger charge is -2.20. The topological polar surface area (TPSA) is 109 Å². The largest absolute Gasteiger partial charge is 0.494 e. The molecule has 9 heteroatoms. The minimum absolute atomic E-state index is 0.0173. The van der Waals surface area contributed by atoms with E-state index in [2.05, 4.69) is 16.7 Å². The van der Waals surface area contributed by atoms with E-state index in [1.54, 1.807) is 32.3 Å². The first-order valence-electron chi connectivity index (χ1n) is 8.60. The SMILES string of the molecule is C=CCn1c(O)c(C2=NN(C)C(c3ccc(OC)c(OC)c3)C2)c(=O)[nH]c1=O. The second-order valence-corrected chi connectivity index (χ2v) is 6.31. The second-order valence-electron chi connectivity index (χ2n) is 6.31. The van der Waals surface area contributed by atoms with Crippen molar-refractivity contribution in [1.82, 2.24) is 14.6 Å². The van der Waals surface area contributed by atoms with Gasteiger partial charge in [0.25, 0.3) is 5.56 Å². The standard InChI is InChI=1S/C19H22N4O5/c1-5-8-23-18(25)16(17(24)20-19(23)26)12-10-13(22(2)21-12)11-6-7-14(27-3)15(9-11)28-4/h5-7,9,13,25H,1,8,10H2,2-4H3,(H,20,24,26). The lowest BCUT2D eigenvalue weighted by Crippen LogP contribution is -2.33. The summed E-state index contributed by atoms with van der Waals surface area (Å²) in [4.78, 5) is 26.5. The first kappa shape index (κ1) is 19.3. The van der Waals surface area contributed by atoms with Gasteiger partial charge in [0, 0.05) is 20.0 Å². The molecule has 148 valence electrons. The molecule has 0 saturated heterocycles. The number of aromatic amines is 1. The van der Waals surface area contributed by atoms with E-state index in [-0.39, 0.29) is 18.2 Å². The van der Waals surface area contributed by atoms with Crippen LogP contribution in [0.25, 0.3) is 0 Å². The molecule has 2 aromatic rings. The maximum absolute atomic E-state index is 12.3.